The zero-order chi connectivity index (χ0) is 6.41. The van der Waals surface area contributed by atoms with Crippen molar-refractivity contribution < 1.29 is 5.11 Å². The monoisotopic (exact) mass is 166 g/mol. The fourth-order valence-corrected chi connectivity index (χ4v) is 0.915. The van der Waals surface area contributed by atoms with E-state index in [4.69, 9.17) is 5.11 Å². The lowest BCUT2D eigenvalue weighted by molar-refractivity contribution is 0.473. The molecule has 8 heavy (non-hydrogen) atoms. The number of thiocarbonyl (C=S) groups is 1. The summed E-state index contributed by atoms with van der Waals surface area (Å²) in [6.07, 6.45) is 2.60. The molecule has 0 saturated heterocycles. The number of rotatable bonds is 2. The number of aliphatic hydroxyl groups excluding tert-OH is 1. The van der Waals surface area contributed by atoms with Crippen molar-refractivity contribution in [2.24, 2.45) is 0 Å². The molecule has 0 heterocycles. The lowest BCUT2D eigenvalue weighted by Crippen LogP contribution is -1.73. The zero-order valence-corrected chi connectivity index (χ0v) is 6.60. The van der Waals surface area contributed by atoms with Crippen LogP contribution >= 0.6 is 36.6 Å². The number of thioether (sulfide) groups is 1. The first-order valence-electron chi connectivity index (χ1n) is 1.92. The highest BCUT2D eigenvalue weighted by Crippen LogP contribution is 2.06. The minimum Gasteiger partial charge on any atom is -0.516 e. The van der Waals surface area contributed by atoms with Crippen molar-refractivity contribution in [2.45, 2.75) is 0 Å². The Bertz CT molecular complexity index is 99.5. The van der Waals surface area contributed by atoms with Gasteiger partial charge < -0.3 is 5.11 Å². The number of hydrogen-bond acceptors (Lipinski definition) is 3. The first-order valence-corrected chi connectivity index (χ1v) is 3.76. The van der Waals surface area contributed by atoms with Gasteiger partial charge in [0, 0.05) is 5.75 Å². The summed E-state index contributed by atoms with van der Waals surface area (Å²) < 4.78 is 0.600. The molecule has 0 aromatic heterocycles. The van der Waals surface area contributed by atoms with E-state index in [1.165, 1.54) is 11.8 Å². The van der Waals surface area contributed by atoms with E-state index in [1.54, 1.807) is 6.08 Å². The van der Waals surface area contributed by atoms with Crippen LogP contribution in [-0.4, -0.2) is 14.4 Å². The van der Waals surface area contributed by atoms with E-state index in [2.05, 4.69) is 24.8 Å². The Hall–Kier alpha value is 0.330. The molecule has 0 aliphatic heterocycles. The van der Waals surface area contributed by atoms with Gasteiger partial charge in [0.1, 0.15) is 3.53 Å². The Labute approximate surface area is 63.6 Å². The molecule has 1 N–H and O–H groups in total. The fraction of sp³-hybridized carbons (Fsp3) is 0.250. The first-order chi connectivity index (χ1) is 3.77. The Morgan fingerprint density at radius 2 is 2.50 bits per heavy atom. The predicted octanol–water partition coefficient (Wildman–Crippen LogP) is 2.01. The van der Waals surface area contributed by atoms with Crippen LogP contribution < -0.4 is 0 Å². The smallest absolute Gasteiger partial charge is 0.101 e. The van der Waals surface area contributed by atoms with Crippen LogP contribution in [0.4, 0.5) is 0 Å². The molecule has 4 heteroatoms. The van der Waals surface area contributed by atoms with E-state index < -0.39 is 0 Å². The molecule has 0 bridgehead atoms. The molecule has 0 amide bonds. The molecule has 0 fully saturated rings. The van der Waals surface area contributed by atoms with Crippen LogP contribution in [0, 0.1) is 0 Å². The van der Waals surface area contributed by atoms with E-state index >= 15 is 0 Å². The molecule has 0 aliphatic rings. The van der Waals surface area contributed by atoms with Gasteiger partial charge in [-0.25, -0.2) is 0 Å². The summed E-state index contributed by atoms with van der Waals surface area (Å²) in [5, 5.41) is 8.12. The van der Waals surface area contributed by atoms with Gasteiger partial charge in [-0.05, 0) is 6.08 Å². The molecule has 0 rings (SSSR count). The zero-order valence-electron chi connectivity index (χ0n) is 4.07. The van der Waals surface area contributed by atoms with Gasteiger partial charge in [0.15, 0.2) is 0 Å². The van der Waals surface area contributed by atoms with Crippen LogP contribution in [0.2, 0.25) is 0 Å². The molecule has 0 aromatic carbocycles. The number of thiol groups is 1. The summed E-state index contributed by atoms with van der Waals surface area (Å²) in [7, 11) is 0. The third kappa shape index (κ3) is 6.33. The molecule has 0 spiro atoms. The van der Waals surface area contributed by atoms with Crippen molar-refractivity contribution in [3.63, 3.8) is 0 Å². The molecule has 0 saturated carbocycles. The van der Waals surface area contributed by atoms with Crippen LogP contribution in [0.3, 0.4) is 0 Å². The topological polar surface area (TPSA) is 20.2 Å². The highest BCUT2D eigenvalue weighted by molar-refractivity contribution is 8.41. The van der Waals surface area contributed by atoms with Gasteiger partial charge in [0.2, 0.25) is 0 Å². The average Bonchev–Trinajstić information content (AvgIpc) is 1.66. The quantitative estimate of drug-likeness (QED) is 0.372. The molecule has 0 radical (unpaired) electrons. The standard InChI is InChI=1S/C4H6OS3/c5-2-1-3-8-4(6)7/h1-2,5H,3H2,(H,6,7). The number of hydrogen-bond donors (Lipinski definition) is 2. The van der Waals surface area contributed by atoms with Gasteiger partial charge in [0.25, 0.3) is 0 Å². The fourth-order valence-electron chi connectivity index (χ4n) is 0.162. The van der Waals surface area contributed by atoms with E-state index in [9.17, 15) is 0 Å². The van der Waals surface area contributed by atoms with Crippen LogP contribution in [0.1, 0.15) is 0 Å². The van der Waals surface area contributed by atoms with Gasteiger partial charge in [-0.1, -0.05) is 12.2 Å². The minimum absolute atomic E-state index is 0.600. The van der Waals surface area contributed by atoms with E-state index in [-0.39, 0.29) is 0 Å². The third-order valence-corrected chi connectivity index (χ3v) is 1.76. The van der Waals surface area contributed by atoms with Crippen molar-refractivity contribution in [3.05, 3.63) is 12.3 Å². The molecule has 0 aromatic rings. The largest absolute Gasteiger partial charge is 0.516 e. The summed E-state index contributed by atoms with van der Waals surface area (Å²) in [4.78, 5) is 0. The van der Waals surface area contributed by atoms with Crippen molar-refractivity contribution in [3.8, 4) is 0 Å². The first kappa shape index (κ1) is 8.33. The Morgan fingerprint density at radius 3 is 2.88 bits per heavy atom. The van der Waals surface area contributed by atoms with Crippen LogP contribution in [0.25, 0.3) is 0 Å². The van der Waals surface area contributed by atoms with Crippen LogP contribution in [-0.2, 0) is 0 Å². The van der Waals surface area contributed by atoms with E-state index in [0.717, 1.165) is 6.26 Å². The molecular formula is C4H6OS3. The summed E-state index contributed by atoms with van der Waals surface area (Å²) in [6, 6.07) is 0. The third-order valence-electron chi connectivity index (χ3n) is 0.408. The van der Waals surface area contributed by atoms with Crippen molar-refractivity contribution >= 4 is 40.1 Å². The molecular weight excluding hydrogens is 160 g/mol. The lowest BCUT2D eigenvalue weighted by Gasteiger charge is -1.86. The molecule has 1 nitrogen and oxygen atoms in total. The molecule has 0 aliphatic carbocycles. The van der Waals surface area contributed by atoms with Gasteiger partial charge in [-0.15, -0.1) is 24.4 Å². The summed E-state index contributed by atoms with van der Waals surface area (Å²) in [5.41, 5.74) is 0. The maximum Gasteiger partial charge on any atom is 0.101 e. The van der Waals surface area contributed by atoms with E-state index in [0.29, 0.717) is 9.28 Å². The second kappa shape index (κ2) is 5.47. The number of aliphatic hydroxyl groups is 1. The second-order valence-electron chi connectivity index (χ2n) is 0.962. The van der Waals surface area contributed by atoms with Crippen LogP contribution in [0.5, 0.6) is 0 Å². The van der Waals surface area contributed by atoms with Crippen molar-refractivity contribution in [1.29, 1.82) is 0 Å². The van der Waals surface area contributed by atoms with Crippen LogP contribution in [0.15, 0.2) is 12.3 Å². The highest BCUT2D eigenvalue weighted by Gasteiger charge is 1.83. The van der Waals surface area contributed by atoms with Crippen molar-refractivity contribution in [1.82, 2.24) is 0 Å². The summed E-state index contributed by atoms with van der Waals surface area (Å²) in [6.45, 7) is 0. The molecule has 0 atom stereocenters. The average molecular weight is 166 g/mol. The summed E-state index contributed by atoms with van der Waals surface area (Å²) >= 11 is 9.88. The molecule has 46 valence electrons. The Balaban J connectivity index is 3.05. The van der Waals surface area contributed by atoms with Gasteiger partial charge >= 0.3 is 0 Å². The van der Waals surface area contributed by atoms with E-state index in [1.807, 2.05) is 0 Å². The van der Waals surface area contributed by atoms with Gasteiger partial charge in [0.05, 0.1) is 6.26 Å². The Kier molecular flexibility index (Phi) is 5.69. The summed E-state index contributed by atoms with van der Waals surface area (Å²) in [5.74, 6) is 0.693. The Morgan fingerprint density at radius 1 is 1.88 bits per heavy atom. The van der Waals surface area contributed by atoms with Crippen molar-refractivity contribution in [2.75, 3.05) is 5.75 Å². The predicted molar refractivity (Wildman–Crippen MR) is 45.8 cm³/mol. The maximum absolute atomic E-state index is 8.12. The van der Waals surface area contributed by atoms with Gasteiger partial charge in [-0.3, -0.25) is 0 Å². The highest BCUT2D eigenvalue weighted by atomic mass is 32.2. The van der Waals surface area contributed by atoms with Gasteiger partial charge in [-0.2, -0.15) is 0 Å². The molecule has 0 unspecified atom stereocenters. The lowest BCUT2D eigenvalue weighted by atomic mass is 10.7. The normalized spacial score (nSPS) is 10.1. The SMILES string of the molecule is OC=CCSC(=S)S. The maximum atomic E-state index is 8.12. The second-order valence-corrected chi connectivity index (χ2v) is 3.71. The minimum atomic E-state index is 0.600.